The Bertz CT molecular complexity index is 279. The monoisotopic (exact) mass is 162 g/mol. The van der Waals surface area contributed by atoms with Crippen LogP contribution in [0, 0.1) is 0 Å². The number of rotatable bonds is 2. The number of hydrogen-bond acceptors (Lipinski definition) is 2. The number of hydrogen-bond donors (Lipinski definition) is 0. The van der Waals surface area contributed by atoms with Crippen LogP contribution in [0.2, 0.25) is 0 Å². The number of carbonyl (C=O) groups is 1. The Kier molecular flexibility index (Phi) is 1.92. The molecule has 0 N–H and O–H groups in total. The van der Waals surface area contributed by atoms with E-state index in [4.69, 9.17) is 4.74 Å². The molecular weight excluding hydrogens is 152 g/mol. The van der Waals surface area contributed by atoms with E-state index in [9.17, 15) is 4.79 Å². The second kappa shape index (κ2) is 3.07. The molecule has 2 nitrogen and oxygen atoms in total. The molecule has 62 valence electrons. The molecule has 1 aliphatic heterocycles. The van der Waals surface area contributed by atoms with Crippen LogP contribution in [0.5, 0.6) is 0 Å². The summed E-state index contributed by atoms with van der Waals surface area (Å²) in [7, 11) is 0. The molecule has 1 heterocycles. The van der Waals surface area contributed by atoms with Crippen LogP contribution in [0.15, 0.2) is 30.3 Å². The first-order valence-electron chi connectivity index (χ1n) is 4.04. The third kappa shape index (κ3) is 1.38. The summed E-state index contributed by atoms with van der Waals surface area (Å²) < 4.78 is 5.10. The molecular formula is C10H10O2. The molecule has 1 fully saturated rings. The molecule has 1 aliphatic rings. The minimum absolute atomic E-state index is 0.174. The van der Waals surface area contributed by atoms with Crippen molar-refractivity contribution >= 4 is 5.78 Å². The van der Waals surface area contributed by atoms with Gasteiger partial charge >= 0.3 is 0 Å². The largest absolute Gasteiger partial charge is 0.362 e. The molecule has 2 heteroatoms. The van der Waals surface area contributed by atoms with E-state index in [1.54, 1.807) is 0 Å². The highest BCUT2D eigenvalue weighted by Crippen LogP contribution is 2.13. The van der Waals surface area contributed by atoms with Gasteiger partial charge in [-0.15, -0.1) is 0 Å². The third-order valence-corrected chi connectivity index (χ3v) is 2.05. The summed E-state index contributed by atoms with van der Waals surface area (Å²) in [5, 5.41) is 0. The minimum atomic E-state index is -0.174. The average Bonchev–Trinajstić information content (AvgIpc) is 2.14. The molecule has 0 spiro atoms. The molecule has 0 bridgehead atoms. The molecule has 1 atom stereocenters. The predicted octanol–water partition coefficient (Wildman–Crippen LogP) is 1.20. The van der Waals surface area contributed by atoms with Gasteiger partial charge in [0, 0.05) is 6.42 Å². The molecule has 0 aliphatic carbocycles. The van der Waals surface area contributed by atoms with E-state index in [-0.39, 0.29) is 11.9 Å². The lowest BCUT2D eigenvalue weighted by Gasteiger charge is -2.24. The van der Waals surface area contributed by atoms with Gasteiger partial charge in [-0.2, -0.15) is 0 Å². The normalized spacial score (nSPS) is 22.0. The minimum Gasteiger partial charge on any atom is -0.362 e. The van der Waals surface area contributed by atoms with E-state index in [0.29, 0.717) is 6.61 Å². The van der Waals surface area contributed by atoms with Crippen LogP contribution in [-0.4, -0.2) is 18.5 Å². The van der Waals surface area contributed by atoms with Crippen molar-refractivity contribution in [3.05, 3.63) is 35.9 Å². The number of carbonyl (C=O) groups excluding carboxylic acids is 1. The summed E-state index contributed by atoms with van der Waals surface area (Å²) in [5.74, 6) is 0.221. The Morgan fingerprint density at radius 2 is 2.08 bits per heavy atom. The summed E-state index contributed by atoms with van der Waals surface area (Å²) >= 11 is 0. The van der Waals surface area contributed by atoms with E-state index >= 15 is 0 Å². The van der Waals surface area contributed by atoms with Crippen molar-refractivity contribution in [2.75, 3.05) is 6.61 Å². The summed E-state index contributed by atoms with van der Waals surface area (Å²) in [5.41, 5.74) is 1.16. The summed E-state index contributed by atoms with van der Waals surface area (Å²) in [6.07, 6.45) is 0.548. The van der Waals surface area contributed by atoms with Gasteiger partial charge < -0.3 is 4.74 Å². The van der Waals surface area contributed by atoms with Crippen molar-refractivity contribution in [3.8, 4) is 0 Å². The summed E-state index contributed by atoms with van der Waals surface area (Å²) in [6.45, 7) is 0.303. The Morgan fingerprint density at radius 3 is 2.58 bits per heavy atom. The topological polar surface area (TPSA) is 26.3 Å². The highest BCUT2D eigenvalue weighted by Gasteiger charge is 2.28. The molecule has 1 aromatic carbocycles. The zero-order chi connectivity index (χ0) is 8.39. The van der Waals surface area contributed by atoms with Crippen LogP contribution in [0.3, 0.4) is 0 Å². The van der Waals surface area contributed by atoms with Gasteiger partial charge in [-0.05, 0) is 5.56 Å². The molecule has 1 unspecified atom stereocenters. The van der Waals surface area contributed by atoms with E-state index in [1.165, 1.54) is 0 Å². The summed E-state index contributed by atoms with van der Waals surface area (Å²) in [4.78, 5) is 10.9. The van der Waals surface area contributed by atoms with Crippen LogP contribution in [0.25, 0.3) is 0 Å². The Labute approximate surface area is 71.2 Å². The zero-order valence-electron chi connectivity index (χ0n) is 6.69. The van der Waals surface area contributed by atoms with E-state index in [0.717, 1.165) is 12.0 Å². The predicted molar refractivity (Wildman–Crippen MR) is 44.9 cm³/mol. The lowest BCUT2D eigenvalue weighted by Crippen LogP contribution is -2.41. The zero-order valence-corrected chi connectivity index (χ0v) is 6.69. The van der Waals surface area contributed by atoms with Crippen molar-refractivity contribution in [1.29, 1.82) is 0 Å². The van der Waals surface area contributed by atoms with Gasteiger partial charge in [0.25, 0.3) is 0 Å². The Balaban J connectivity index is 2.00. The van der Waals surface area contributed by atoms with Gasteiger partial charge in [0.15, 0.2) is 5.78 Å². The van der Waals surface area contributed by atoms with Gasteiger partial charge in [0.05, 0.1) is 0 Å². The maximum atomic E-state index is 10.9. The molecule has 1 saturated heterocycles. The van der Waals surface area contributed by atoms with E-state index in [2.05, 4.69) is 0 Å². The standard InChI is InChI=1S/C10H10O2/c11-9-7-12-10(9)6-8-4-2-1-3-5-8/h1-5,10H,6-7H2. The van der Waals surface area contributed by atoms with E-state index in [1.807, 2.05) is 30.3 Å². The van der Waals surface area contributed by atoms with Crippen LogP contribution in [0.4, 0.5) is 0 Å². The second-order valence-corrected chi connectivity index (χ2v) is 2.96. The highest BCUT2D eigenvalue weighted by molar-refractivity contribution is 5.88. The van der Waals surface area contributed by atoms with Crippen LogP contribution in [0.1, 0.15) is 5.56 Å². The van der Waals surface area contributed by atoms with Crippen molar-refractivity contribution in [3.63, 3.8) is 0 Å². The fourth-order valence-electron chi connectivity index (χ4n) is 1.27. The number of ether oxygens (including phenoxy) is 1. The van der Waals surface area contributed by atoms with Crippen molar-refractivity contribution in [1.82, 2.24) is 0 Å². The molecule has 2 rings (SSSR count). The first kappa shape index (κ1) is 7.50. The molecule has 1 aromatic rings. The van der Waals surface area contributed by atoms with Gasteiger partial charge in [-0.3, -0.25) is 4.79 Å². The second-order valence-electron chi connectivity index (χ2n) is 2.96. The van der Waals surface area contributed by atoms with E-state index < -0.39 is 0 Å². The number of ketones is 1. The van der Waals surface area contributed by atoms with Crippen molar-refractivity contribution < 1.29 is 9.53 Å². The first-order valence-corrected chi connectivity index (χ1v) is 4.04. The molecule has 0 saturated carbocycles. The van der Waals surface area contributed by atoms with Gasteiger partial charge in [0.2, 0.25) is 0 Å². The molecule has 0 amide bonds. The smallest absolute Gasteiger partial charge is 0.187 e. The lowest BCUT2D eigenvalue weighted by molar-refractivity contribution is -0.153. The van der Waals surface area contributed by atoms with Gasteiger partial charge in [-0.25, -0.2) is 0 Å². The fraction of sp³-hybridized carbons (Fsp3) is 0.300. The molecule has 12 heavy (non-hydrogen) atoms. The Morgan fingerprint density at radius 1 is 1.33 bits per heavy atom. The van der Waals surface area contributed by atoms with Crippen LogP contribution in [-0.2, 0) is 16.0 Å². The summed E-state index contributed by atoms with van der Waals surface area (Å²) in [6, 6.07) is 9.92. The maximum Gasteiger partial charge on any atom is 0.187 e. The quantitative estimate of drug-likeness (QED) is 0.653. The van der Waals surface area contributed by atoms with Crippen LogP contribution >= 0.6 is 0 Å². The van der Waals surface area contributed by atoms with Crippen LogP contribution < -0.4 is 0 Å². The number of benzene rings is 1. The lowest BCUT2D eigenvalue weighted by atomic mass is 10.0. The van der Waals surface area contributed by atoms with Crippen molar-refractivity contribution in [2.45, 2.75) is 12.5 Å². The number of Topliss-reactive ketones (excluding diaryl/α,β-unsaturated/α-hetero) is 1. The van der Waals surface area contributed by atoms with Crippen molar-refractivity contribution in [2.24, 2.45) is 0 Å². The molecule has 0 aromatic heterocycles. The average molecular weight is 162 g/mol. The Hall–Kier alpha value is -1.15. The van der Waals surface area contributed by atoms with Gasteiger partial charge in [-0.1, -0.05) is 30.3 Å². The maximum absolute atomic E-state index is 10.9. The fourth-order valence-corrected chi connectivity index (χ4v) is 1.27. The highest BCUT2D eigenvalue weighted by atomic mass is 16.5. The first-order chi connectivity index (χ1) is 5.86. The van der Waals surface area contributed by atoms with Gasteiger partial charge in [0.1, 0.15) is 12.7 Å². The third-order valence-electron chi connectivity index (χ3n) is 2.05. The molecule has 0 radical (unpaired) electrons. The SMILES string of the molecule is O=C1COC1Cc1ccccc1.